The fraction of sp³-hybridized carbons (Fsp3) is 0.400. The fourth-order valence-corrected chi connectivity index (χ4v) is 1.73. The predicted octanol–water partition coefficient (Wildman–Crippen LogP) is 1.60. The van der Waals surface area contributed by atoms with Crippen LogP contribution in [0, 0.1) is 0 Å². The van der Waals surface area contributed by atoms with Gasteiger partial charge in [-0.25, -0.2) is 0 Å². The Morgan fingerprint density at radius 2 is 2.15 bits per heavy atom. The van der Waals surface area contributed by atoms with Crippen LogP contribution in [-0.2, 0) is 4.79 Å². The molecule has 0 spiro atoms. The van der Waals surface area contributed by atoms with Crippen LogP contribution in [-0.4, -0.2) is 16.9 Å². The first kappa shape index (κ1) is 8.23. The van der Waals surface area contributed by atoms with E-state index in [2.05, 4.69) is 11.9 Å². The van der Waals surface area contributed by atoms with Gasteiger partial charge in [0.05, 0.1) is 0 Å². The molecule has 2 rings (SSSR count). The Morgan fingerprint density at radius 3 is 2.69 bits per heavy atom. The van der Waals surface area contributed by atoms with Crippen molar-refractivity contribution in [2.45, 2.75) is 25.8 Å². The standard InChI is InChI=1S/C10H12N2O/c1-8-2-3-10(13)12(8)9-4-6-11-7-5-9/h4-8H,2-3H2,1H3/t8-/m0/s1. The van der Waals surface area contributed by atoms with E-state index in [-0.39, 0.29) is 5.91 Å². The Kier molecular flexibility index (Phi) is 2.00. The third-order valence-corrected chi connectivity index (χ3v) is 2.43. The summed E-state index contributed by atoms with van der Waals surface area (Å²) in [6.07, 6.45) is 5.06. The molecular formula is C10H12N2O. The fourth-order valence-electron chi connectivity index (χ4n) is 1.73. The van der Waals surface area contributed by atoms with Gasteiger partial charge in [-0.3, -0.25) is 9.78 Å². The number of carbonyl (C=O) groups is 1. The number of nitrogens with zero attached hydrogens (tertiary/aromatic N) is 2. The van der Waals surface area contributed by atoms with Crippen molar-refractivity contribution < 1.29 is 4.79 Å². The van der Waals surface area contributed by atoms with Crippen molar-refractivity contribution in [2.24, 2.45) is 0 Å². The largest absolute Gasteiger partial charge is 0.310 e. The second kappa shape index (κ2) is 3.17. The summed E-state index contributed by atoms with van der Waals surface area (Å²) in [5.41, 5.74) is 0.963. The zero-order valence-electron chi connectivity index (χ0n) is 7.60. The molecule has 1 aliphatic heterocycles. The third-order valence-electron chi connectivity index (χ3n) is 2.43. The van der Waals surface area contributed by atoms with Crippen LogP contribution in [0.25, 0.3) is 0 Å². The van der Waals surface area contributed by atoms with E-state index >= 15 is 0 Å². The van der Waals surface area contributed by atoms with Gasteiger partial charge in [-0.1, -0.05) is 0 Å². The van der Waals surface area contributed by atoms with Crippen molar-refractivity contribution in [1.82, 2.24) is 4.98 Å². The minimum Gasteiger partial charge on any atom is -0.310 e. The summed E-state index contributed by atoms with van der Waals surface area (Å²) in [6, 6.07) is 4.08. The minimum absolute atomic E-state index is 0.221. The molecule has 0 radical (unpaired) electrons. The van der Waals surface area contributed by atoms with Crippen LogP contribution in [0.2, 0.25) is 0 Å². The highest BCUT2D eigenvalue weighted by atomic mass is 16.2. The molecule has 0 N–H and O–H groups in total. The highest BCUT2D eigenvalue weighted by molar-refractivity contribution is 5.95. The summed E-state index contributed by atoms with van der Waals surface area (Å²) < 4.78 is 0. The van der Waals surface area contributed by atoms with Crippen molar-refractivity contribution in [3.8, 4) is 0 Å². The maximum absolute atomic E-state index is 11.5. The van der Waals surface area contributed by atoms with Crippen molar-refractivity contribution in [3.63, 3.8) is 0 Å². The zero-order chi connectivity index (χ0) is 9.26. The van der Waals surface area contributed by atoms with Crippen LogP contribution in [0.15, 0.2) is 24.5 Å². The molecule has 13 heavy (non-hydrogen) atoms. The number of amides is 1. The van der Waals surface area contributed by atoms with Crippen LogP contribution >= 0.6 is 0 Å². The molecule has 0 bridgehead atoms. The Morgan fingerprint density at radius 1 is 1.46 bits per heavy atom. The van der Waals surface area contributed by atoms with E-state index in [1.807, 2.05) is 17.0 Å². The molecule has 0 aliphatic carbocycles. The number of pyridine rings is 1. The normalized spacial score (nSPS) is 22.4. The monoisotopic (exact) mass is 176 g/mol. The Balaban J connectivity index is 2.30. The molecule has 3 heteroatoms. The van der Waals surface area contributed by atoms with Gasteiger partial charge in [-0.2, -0.15) is 0 Å². The van der Waals surface area contributed by atoms with Gasteiger partial charge in [-0.05, 0) is 25.5 Å². The molecule has 1 amide bonds. The van der Waals surface area contributed by atoms with E-state index in [1.54, 1.807) is 12.4 Å². The number of hydrogen-bond donors (Lipinski definition) is 0. The molecule has 0 aromatic carbocycles. The highest BCUT2D eigenvalue weighted by Gasteiger charge is 2.28. The van der Waals surface area contributed by atoms with Crippen LogP contribution < -0.4 is 4.90 Å². The van der Waals surface area contributed by atoms with E-state index in [0.717, 1.165) is 12.1 Å². The van der Waals surface area contributed by atoms with Gasteiger partial charge in [-0.15, -0.1) is 0 Å². The topological polar surface area (TPSA) is 33.2 Å². The first-order valence-electron chi connectivity index (χ1n) is 4.51. The molecule has 0 saturated carbocycles. The number of carbonyl (C=O) groups excluding carboxylic acids is 1. The number of anilines is 1. The van der Waals surface area contributed by atoms with E-state index in [9.17, 15) is 4.79 Å². The lowest BCUT2D eigenvalue weighted by molar-refractivity contribution is -0.117. The molecular weight excluding hydrogens is 164 g/mol. The second-order valence-corrected chi connectivity index (χ2v) is 3.36. The Hall–Kier alpha value is -1.38. The van der Waals surface area contributed by atoms with Gasteiger partial charge in [0, 0.05) is 30.5 Å². The molecule has 1 aliphatic rings. The molecule has 1 atom stereocenters. The van der Waals surface area contributed by atoms with Crippen LogP contribution in [0.5, 0.6) is 0 Å². The molecule has 2 heterocycles. The maximum Gasteiger partial charge on any atom is 0.227 e. The minimum atomic E-state index is 0.221. The van der Waals surface area contributed by atoms with Crippen molar-refractivity contribution in [3.05, 3.63) is 24.5 Å². The molecule has 1 fully saturated rings. The van der Waals surface area contributed by atoms with Gasteiger partial charge < -0.3 is 4.90 Å². The molecule has 0 unspecified atom stereocenters. The van der Waals surface area contributed by atoms with Gasteiger partial charge >= 0.3 is 0 Å². The second-order valence-electron chi connectivity index (χ2n) is 3.36. The molecule has 1 aromatic rings. The van der Waals surface area contributed by atoms with Crippen LogP contribution in [0.1, 0.15) is 19.8 Å². The lowest BCUT2D eigenvalue weighted by Crippen LogP contribution is -2.30. The smallest absolute Gasteiger partial charge is 0.227 e. The van der Waals surface area contributed by atoms with E-state index in [0.29, 0.717) is 12.5 Å². The Labute approximate surface area is 77.4 Å². The van der Waals surface area contributed by atoms with E-state index < -0.39 is 0 Å². The summed E-state index contributed by atoms with van der Waals surface area (Å²) in [5.74, 6) is 0.221. The number of hydrogen-bond acceptors (Lipinski definition) is 2. The van der Waals surface area contributed by atoms with Gasteiger partial charge in [0.1, 0.15) is 0 Å². The summed E-state index contributed by atoms with van der Waals surface area (Å²) in [5, 5.41) is 0. The lowest BCUT2D eigenvalue weighted by Gasteiger charge is -2.21. The molecule has 1 saturated heterocycles. The van der Waals surface area contributed by atoms with E-state index in [4.69, 9.17) is 0 Å². The quantitative estimate of drug-likeness (QED) is 0.651. The lowest BCUT2D eigenvalue weighted by atomic mass is 10.2. The van der Waals surface area contributed by atoms with Crippen molar-refractivity contribution in [2.75, 3.05) is 4.90 Å². The molecule has 68 valence electrons. The molecule has 1 aromatic heterocycles. The van der Waals surface area contributed by atoms with Gasteiger partial charge in [0.15, 0.2) is 0 Å². The summed E-state index contributed by atoms with van der Waals surface area (Å²) in [4.78, 5) is 17.3. The van der Waals surface area contributed by atoms with Gasteiger partial charge in [0.25, 0.3) is 0 Å². The average Bonchev–Trinajstić information content (AvgIpc) is 2.48. The van der Waals surface area contributed by atoms with Crippen molar-refractivity contribution in [1.29, 1.82) is 0 Å². The average molecular weight is 176 g/mol. The maximum atomic E-state index is 11.5. The van der Waals surface area contributed by atoms with Crippen LogP contribution in [0.3, 0.4) is 0 Å². The number of rotatable bonds is 1. The SMILES string of the molecule is C[C@H]1CCC(=O)N1c1ccncc1. The Bertz CT molecular complexity index is 310. The summed E-state index contributed by atoms with van der Waals surface area (Å²) in [6.45, 7) is 2.07. The molecule has 3 nitrogen and oxygen atoms in total. The first-order chi connectivity index (χ1) is 6.29. The predicted molar refractivity (Wildman–Crippen MR) is 50.4 cm³/mol. The summed E-state index contributed by atoms with van der Waals surface area (Å²) in [7, 11) is 0. The first-order valence-corrected chi connectivity index (χ1v) is 4.51. The van der Waals surface area contributed by atoms with E-state index in [1.165, 1.54) is 0 Å². The number of aromatic nitrogens is 1. The van der Waals surface area contributed by atoms with Crippen molar-refractivity contribution >= 4 is 11.6 Å². The zero-order valence-corrected chi connectivity index (χ0v) is 7.60. The van der Waals surface area contributed by atoms with Crippen LogP contribution in [0.4, 0.5) is 5.69 Å². The highest BCUT2D eigenvalue weighted by Crippen LogP contribution is 2.25. The van der Waals surface area contributed by atoms with Gasteiger partial charge in [0.2, 0.25) is 5.91 Å². The third kappa shape index (κ3) is 1.41. The summed E-state index contributed by atoms with van der Waals surface area (Å²) >= 11 is 0.